The van der Waals surface area contributed by atoms with Crippen LogP contribution in [0.2, 0.25) is 5.02 Å². The molecule has 1 N–H and O–H groups in total. The second kappa shape index (κ2) is 8.18. The lowest BCUT2D eigenvalue weighted by Gasteiger charge is -2.26. The average molecular weight is 359 g/mol. The first-order chi connectivity index (χ1) is 9.32. The smallest absolute Gasteiger partial charge is 0.246 e. The maximum atomic E-state index is 11.7. The van der Waals surface area contributed by atoms with E-state index >= 15 is 0 Å². The van der Waals surface area contributed by atoms with Crippen LogP contribution < -0.4 is 10.1 Å². The van der Waals surface area contributed by atoms with Gasteiger partial charge in [-0.2, -0.15) is 0 Å². The molecule has 20 heavy (non-hydrogen) atoms. The largest absolute Gasteiger partial charge is 0.466 e. The molecule has 1 unspecified atom stereocenters. The maximum absolute atomic E-state index is 11.7. The minimum absolute atomic E-state index is 0.225. The number of nitrogens with one attached hydrogen (secondary N) is 1. The van der Waals surface area contributed by atoms with Gasteiger partial charge in [0.1, 0.15) is 5.75 Å². The van der Waals surface area contributed by atoms with Gasteiger partial charge in [0.15, 0.2) is 0 Å². The summed E-state index contributed by atoms with van der Waals surface area (Å²) in [5.74, 6) is 0.221. The number of halogens is 4. The van der Waals surface area contributed by atoms with Crippen molar-refractivity contribution in [2.24, 2.45) is 0 Å². The van der Waals surface area contributed by atoms with E-state index in [1.807, 2.05) is 6.92 Å². The summed E-state index contributed by atoms with van der Waals surface area (Å²) in [4.78, 5) is 11.7. The molecule has 0 aliphatic heterocycles. The number of unbranched alkanes of at least 4 members (excludes halogenated alkanes) is 1. The molecule has 0 saturated carbocycles. The number of hydrogen-bond donors (Lipinski definition) is 1. The van der Waals surface area contributed by atoms with Gasteiger partial charge in [0.25, 0.3) is 0 Å². The molecule has 1 rings (SSSR count). The predicted octanol–water partition coefficient (Wildman–Crippen LogP) is 4.72. The zero-order valence-electron chi connectivity index (χ0n) is 10.8. The minimum atomic E-state index is -1.78. The molecule has 1 amide bonds. The number of rotatable bonds is 6. The molecule has 1 aromatic carbocycles. The highest BCUT2D eigenvalue weighted by molar-refractivity contribution is 6.68. The van der Waals surface area contributed by atoms with Gasteiger partial charge >= 0.3 is 0 Å². The molecule has 0 radical (unpaired) electrons. The van der Waals surface area contributed by atoms with Crippen LogP contribution in [0.4, 0.5) is 0 Å². The lowest BCUT2D eigenvalue weighted by Crippen LogP contribution is -2.47. The number of benzene rings is 1. The number of ether oxygens (including phenoxy) is 1. The summed E-state index contributed by atoms with van der Waals surface area (Å²) < 4.78 is 3.72. The van der Waals surface area contributed by atoms with Crippen molar-refractivity contribution in [2.75, 3.05) is 0 Å². The molecule has 0 aromatic heterocycles. The fourth-order valence-corrected chi connectivity index (χ4v) is 1.81. The van der Waals surface area contributed by atoms with E-state index in [2.05, 4.69) is 5.32 Å². The van der Waals surface area contributed by atoms with Crippen LogP contribution in [0.25, 0.3) is 0 Å². The SMILES string of the molecule is CCCCC(=O)NC(Oc1ccc(Cl)cc1)C(Cl)(Cl)Cl. The van der Waals surface area contributed by atoms with Gasteiger partial charge in [-0.3, -0.25) is 4.79 Å². The van der Waals surface area contributed by atoms with Gasteiger partial charge in [0.2, 0.25) is 15.9 Å². The molecule has 7 heteroatoms. The number of alkyl halides is 3. The van der Waals surface area contributed by atoms with Crippen molar-refractivity contribution < 1.29 is 9.53 Å². The second-order valence-electron chi connectivity index (χ2n) is 4.16. The predicted molar refractivity (Wildman–Crippen MR) is 83.8 cm³/mol. The number of hydrogen-bond acceptors (Lipinski definition) is 2. The van der Waals surface area contributed by atoms with E-state index in [0.717, 1.165) is 12.8 Å². The fraction of sp³-hybridized carbons (Fsp3) is 0.462. The van der Waals surface area contributed by atoms with E-state index in [1.165, 1.54) is 0 Å². The number of amides is 1. The minimum Gasteiger partial charge on any atom is -0.466 e. The molecule has 1 aromatic rings. The first kappa shape index (κ1) is 17.7. The summed E-state index contributed by atoms with van der Waals surface area (Å²) in [6.45, 7) is 1.99. The molecule has 112 valence electrons. The first-order valence-electron chi connectivity index (χ1n) is 6.11. The van der Waals surface area contributed by atoms with Gasteiger partial charge in [-0.25, -0.2) is 0 Å². The Balaban J connectivity index is 2.70. The Kier molecular flexibility index (Phi) is 7.24. The normalized spacial score (nSPS) is 12.8. The number of carbonyl (C=O) groups is 1. The van der Waals surface area contributed by atoms with Crippen LogP contribution >= 0.6 is 46.4 Å². The Morgan fingerprint density at radius 3 is 2.40 bits per heavy atom. The topological polar surface area (TPSA) is 38.3 Å². The lowest BCUT2D eigenvalue weighted by molar-refractivity contribution is -0.123. The summed E-state index contributed by atoms with van der Waals surface area (Å²) >= 11 is 23.2. The fourth-order valence-electron chi connectivity index (χ4n) is 1.38. The summed E-state index contributed by atoms with van der Waals surface area (Å²) in [6, 6.07) is 6.55. The van der Waals surface area contributed by atoms with Gasteiger partial charge < -0.3 is 10.1 Å². The van der Waals surface area contributed by atoms with Gasteiger partial charge in [-0.15, -0.1) is 0 Å². The average Bonchev–Trinajstić information content (AvgIpc) is 2.37. The summed E-state index contributed by atoms with van der Waals surface area (Å²) in [6.07, 6.45) is 0.957. The highest BCUT2D eigenvalue weighted by atomic mass is 35.6. The molecule has 0 aliphatic carbocycles. The molecule has 0 aliphatic rings. The molecule has 1 atom stereocenters. The molecular weight excluding hydrogens is 344 g/mol. The summed E-state index contributed by atoms with van der Waals surface area (Å²) in [7, 11) is 0. The third-order valence-corrected chi connectivity index (χ3v) is 3.26. The van der Waals surface area contributed by atoms with Crippen LogP contribution in [0.1, 0.15) is 26.2 Å². The van der Waals surface area contributed by atoms with E-state index in [-0.39, 0.29) is 5.91 Å². The van der Waals surface area contributed by atoms with E-state index in [9.17, 15) is 4.79 Å². The van der Waals surface area contributed by atoms with Crippen LogP contribution in [-0.4, -0.2) is 15.9 Å². The monoisotopic (exact) mass is 357 g/mol. The summed E-state index contributed by atoms with van der Waals surface area (Å²) in [5.41, 5.74) is 0. The van der Waals surface area contributed by atoms with Crippen LogP contribution in [0.5, 0.6) is 5.75 Å². The molecule has 0 saturated heterocycles. The zero-order chi connectivity index (χ0) is 15.2. The highest BCUT2D eigenvalue weighted by Gasteiger charge is 2.36. The molecule has 0 bridgehead atoms. The summed E-state index contributed by atoms with van der Waals surface area (Å²) in [5, 5.41) is 3.13. The Labute approximate surface area is 138 Å². The maximum Gasteiger partial charge on any atom is 0.246 e. The van der Waals surface area contributed by atoms with E-state index in [4.69, 9.17) is 51.1 Å². The third-order valence-electron chi connectivity index (χ3n) is 2.41. The number of carbonyl (C=O) groups excluding carboxylic acids is 1. The van der Waals surface area contributed by atoms with Crippen LogP contribution in [0, 0.1) is 0 Å². The van der Waals surface area contributed by atoms with Crippen molar-refractivity contribution in [3.05, 3.63) is 29.3 Å². The van der Waals surface area contributed by atoms with E-state index < -0.39 is 10.0 Å². The Morgan fingerprint density at radius 1 is 1.30 bits per heavy atom. The van der Waals surface area contributed by atoms with Crippen LogP contribution in [0.3, 0.4) is 0 Å². The van der Waals surface area contributed by atoms with Crippen LogP contribution in [-0.2, 0) is 4.79 Å². The van der Waals surface area contributed by atoms with Crippen molar-refractivity contribution in [3.63, 3.8) is 0 Å². The van der Waals surface area contributed by atoms with Crippen LogP contribution in [0.15, 0.2) is 24.3 Å². The van der Waals surface area contributed by atoms with E-state index in [0.29, 0.717) is 17.2 Å². The van der Waals surface area contributed by atoms with Crippen molar-refractivity contribution in [2.45, 2.75) is 36.2 Å². The first-order valence-corrected chi connectivity index (χ1v) is 7.62. The van der Waals surface area contributed by atoms with Crippen molar-refractivity contribution in [1.29, 1.82) is 0 Å². The Hall–Kier alpha value is -0.350. The molecule has 3 nitrogen and oxygen atoms in total. The van der Waals surface area contributed by atoms with Crippen molar-refractivity contribution >= 4 is 52.3 Å². The molecule has 0 fully saturated rings. The molecular formula is C13H15Cl4NO2. The van der Waals surface area contributed by atoms with Crippen molar-refractivity contribution in [1.82, 2.24) is 5.32 Å². The second-order valence-corrected chi connectivity index (χ2v) is 6.97. The highest BCUT2D eigenvalue weighted by Crippen LogP contribution is 2.32. The Bertz CT molecular complexity index is 431. The molecule has 0 heterocycles. The third kappa shape index (κ3) is 6.40. The Morgan fingerprint density at radius 2 is 1.90 bits per heavy atom. The van der Waals surface area contributed by atoms with Gasteiger partial charge in [-0.05, 0) is 30.7 Å². The van der Waals surface area contributed by atoms with E-state index in [1.54, 1.807) is 24.3 Å². The standard InChI is InChI=1S/C13H15Cl4NO2/c1-2-3-4-11(19)18-12(13(15,16)17)20-10-7-5-9(14)6-8-10/h5-8,12H,2-4H2,1H3,(H,18,19). The quantitative estimate of drug-likeness (QED) is 0.590. The van der Waals surface area contributed by atoms with Crippen molar-refractivity contribution in [3.8, 4) is 5.75 Å². The van der Waals surface area contributed by atoms with Gasteiger partial charge in [0, 0.05) is 11.4 Å². The lowest BCUT2D eigenvalue weighted by atomic mass is 10.2. The molecule has 0 spiro atoms. The zero-order valence-corrected chi connectivity index (χ0v) is 13.9. The van der Waals surface area contributed by atoms with Gasteiger partial charge in [-0.1, -0.05) is 59.7 Å². The van der Waals surface area contributed by atoms with Gasteiger partial charge in [0.05, 0.1) is 0 Å².